The van der Waals surface area contributed by atoms with Gasteiger partial charge in [-0.25, -0.2) is 4.79 Å². The smallest absolute Gasteiger partial charge is 0.317 e. The van der Waals surface area contributed by atoms with Crippen LogP contribution >= 0.6 is 0 Å². The summed E-state index contributed by atoms with van der Waals surface area (Å²) in [5.41, 5.74) is 3.13. The molecule has 0 aliphatic carbocycles. The van der Waals surface area contributed by atoms with Crippen molar-refractivity contribution in [3.05, 3.63) is 41.5 Å². The summed E-state index contributed by atoms with van der Waals surface area (Å²) in [5.74, 6) is 0.872. The second-order valence-corrected chi connectivity index (χ2v) is 7.07. The molecule has 25 heavy (non-hydrogen) atoms. The van der Waals surface area contributed by atoms with Gasteiger partial charge in [-0.05, 0) is 32.8 Å². The highest BCUT2D eigenvalue weighted by Gasteiger charge is 2.37. The lowest BCUT2D eigenvalue weighted by Gasteiger charge is -2.39. The van der Waals surface area contributed by atoms with Crippen LogP contribution in [-0.4, -0.2) is 51.4 Å². The van der Waals surface area contributed by atoms with Gasteiger partial charge in [-0.2, -0.15) is 0 Å². The first-order valence-electron chi connectivity index (χ1n) is 8.74. The van der Waals surface area contributed by atoms with E-state index in [4.69, 9.17) is 9.47 Å². The Labute approximate surface area is 151 Å². The van der Waals surface area contributed by atoms with E-state index in [-0.39, 0.29) is 11.4 Å². The van der Waals surface area contributed by atoms with Crippen LogP contribution in [0.2, 0.25) is 0 Å². The Balaban J connectivity index is 2.23. The fourth-order valence-corrected chi connectivity index (χ4v) is 3.40. The molecule has 138 valence electrons. The molecule has 0 radical (unpaired) electrons. The van der Waals surface area contributed by atoms with Crippen molar-refractivity contribution in [1.82, 2.24) is 10.2 Å². The van der Waals surface area contributed by atoms with Gasteiger partial charge >= 0.3 is 6.03 Å². The Morgan fingerprint density at radius 3 is 2.68 bits per heavy atom. The molecule has 0 unspecified atom stereocenters. The highest BCUT2D eigenvalue weighted by molar-refractivity contribution is 5.74. The Kier molecular flexibility index (Phi) is 6.48. The van der Waals surface area contributed by atoms with Crippen molar-refractivity contribution in [2.45, 2.75) is 32.1 Å². The lowest BCUT2D eigenvalue weighted by molar-refractivity contribution is 0.0494. The maximum Gasteiger partial charge on any atom is 0.317 e. The number of methoxy groups -OCH3 is 1. The fourth-order valence-electron chi connectivity index (χ4n) is 3.40. The van der Waals surface area contributed by atoms with E-state index in [0.717, 1.165) is 29.7 Å². The van der Waals surface area contributed by atoms with Crippen LogP contribution in [0.25, 0.3) is 0 Å². The third-order valence-electron chi connectivity index (χ3n) is 4.81. The Morgan fingerprint density at radius 1 is 1.40 bits per heavy atom. The van der Waals surface area contributed by atoms with Crippen molar-refractivity contribution in [2.24, 2.45) is 0 Å². The van der Waals surface area contributed by atoms with Gasteiger partial charge < -0.3 is 19.7 Å². The zero-order chi connectivity index (χ0) is 18.4. The van der Waals surface area contributed by atoms with Gasteiger partial charge in [0, 0.05) is 44.3 Å². The van der Waals surface area contributed by atoms with Crippen molar-refractivity contribution in [1.29, 1.82) is 0 Å². The summed E-state index contributed by atoms with van der Waals surface area (Å²) in [7, 11) is 3.48. The molecule has 0 bridgehead atoms. The number of aryl methyl sites for hydroxylation is 1. The number of nitrogens with one attached hydrogen (secondary N) is 1. The van der Waals surface area contributed by atoms with Crippen molar-refractivity contribution in [2.75, 3.05) is 40.5 Å². The average Bonchev–Trinajstić information content (AvgIpc) is 2.59. The average molecular weight is 346 g/mol. The van der Waals surface area contributed by atoms with Gasteiger partial charge in [0.2, 0.25) is 0 Å². The summed E-state index contributed by atoms with van der Waals surface area (Å²) >= 11 is 0. The van der Waals surface area contributed by atoms with E-state index in [1.54, 1.807) is 19.1 Å². The van der Waals surface area contributed by atoms with Crippen LogP contribution in [0.5, 0.6) is 5.75 Å². The first kappa shape index (κ1) is 19.3. The predicted molar refractivity (Wildman–Crippen MR) is 100 cm³/mol. The van der Waals surface area contributed by atoms with Crippen molar-refractivity contribution in [3.8, 4) is 5.75 Å². The molecule has 5 nitrogen and oxygen atoms in total. The molecular formula is C20H30N2O3. The zero-order valence-electron chi connectivity index (χ0n) is 15.9. The SMILES string of the molecule is C=C(C)CN(C)C(=O)NCC1(c2cc(C)ccc2OC)CCOCC1. The molecule has 0 atom stereocenters. The van der Waals surface area contributed by atoms with E-state index in [9.17, 15) is 4.79 Å². The number of urea groups is 1. The summed E-state index contributed by atoms with van der Waals surface area (Å²) in [4.78, 5) is 14.1. The largest absolute Gasteiger partial charge is 0.496 e. The van der Waals surface area contributed by atoms with Gasteiger partial charge in [-0.15, -0.1) is 0 Å². The van der Waals surface area contributed by atoms with Crippen LogP contribution < -0.4 is 10.1 Å². The van der Waals surface area contributed by atoms with Crippen LogP contribution in [-0.2, 0) is 10.2 Å². The number of hydrogen-bond acceptors (Lipinski definition) is 3. The molecular weight excluding hydrogens is 316 g/mol. The van der Waals surface area contributed by atoms with Crippen molar-refractivity contribution < 1.29 is 14.3 Å². The molecule has 5 heteroatoms. The summed E-state index contributed by atoms with van der Waals surface area (Å²) < 4.78 is 11.2. The number of nitrogens with zero attached hydrogens (tertiary/aromatic N) is 1. The summed E-state index contributed by atoms with van der Waals surface area (Å²) in [6.45, 7) is 10.4. The van der Waals surface area contributed by atoms with Crippen LogP contribution in [0.1, 0.15) is 30.9 Å². The van der Waals surface area contributed by atoms with Crippen molar-refractivity contribution >= 4 is 6.03 Å². The molecule has 1 heterocycles. The standard InChI is InChI=1S/C20H30N2O3/c1-15(2)13-22(4)19(23)21-14-20(8-10-25-11-9-20)17-12-16(3)6-7-18(17)24-5/h6-7,12H,1,8-11,13-14H2,2-5H3,(H,21,23). The third kappa shape index (κ3) is 4.75. The first-order valence-corrected chi connectivity index (χ1v) is 8.74. The van der Waals surface area contributed by atoms with E-state index >= 15 is 0 Å². The van der Waals surface area contributed by atoms with E-state index < -0.39 is 0 Å². The highest BCUT2D eigenvalue weighted by atomic mass is 16.5. The minimum Gasteiger partial charge on any atom is -0.496 e. The third-order valence-corrected chi connectivity index (χ3v) is 4.81. The van der Waals surface area contributed by atoms with Crippen LogP contribution in [0.15, 0.2) is 30.4 Å². The number of benzene rings is 1. The van der Waals surface area contributed by atoms with Crippen molar-refractivity contribution in [3.63, 3.8) is 0 Å². The number of carbonyl (C=O) groups is 1. The lowest BCUT2D eigenvalue weighted by atomic mass is 9.73. The molecule has 0 spiro atoms. The molecule has 0 saturated carbocycles. The minimum absolute atomic E-state index is 0.0829. The molecule has 1 fully saturated rings. The van der Waals surface area contributed by atoms with Gasteiger partial charge in [-0.1, -0.05) is 29.8 Å². The molecule has 1 saturated heterocycles. The normalized spacial score (nSPS) is 16.2. The Bertz CT molecular complexity index is 621. The zero-order valence-corrected chi connectivity index (χ0v) is 15.9. The van der Waals surface area contributed by atoms with Gasteiger partial charge in [0.05, 0.1) is 7.11 Å². The quantitative estimate of drug-likeness (QED) is 0.804. The number of ether oxygens (including phenoxy) is 2. The summed E-state index contributed by atoms with van der Waals surface area (Å²) in [5, 5.41) is 3.10. The highest BCUT2D eigenvalue weighted by Crippen LogP contribution is 2.40. The Morgan fingerprint density at radius 2 is 2.08 bits per heavy atom. The molecule has 1 aromatic rings. The van der Waals surface area contributed by atoms with E-state index in [1.165, 1.54) is 5.56 Å². The van der Waals surface area contributed by atoms with E-state index in [2.05, 4.69) is 31.0 Å². The predicted octanol–water partition coefficient (Wildman–Crippen LogP) is 3.27. The van der Waals surface area contributed by atoms with Crippen LogP contribution in [0.3, 0.4) is 0 Å². The number of likely N-dealkylation sites (N-methyl/N-ethyl adjacent to an activating group) is 1. The van der Waals surface area contributed by atoms with Crippen LogP contribution in [0.4, 0.5) is 4.79 Å². The molecule has 2 amide bonds. The molecule has 1 aliphatic heterocycles. The number of rotatable bonds is 6. The topological polar surface area (TPSA) is 50.8 Å². The van der Waals surface area contributed by atoms with E-state index in [1.807, 2.05) is 13.0 Å². The van der Waals surface area contributed by atoms with E-state index in [0.29, 0.717) is 26.3 Å². The van der Waals surface area contributed by atoms with Crippen LogP contribution in [0, 0.1) is 6.92 Å². The van der Waals surface area contributed by atoms with Gasteiger partial charge in [0.15, 0.2) is 0 Å². The Hall–Kier alpha value is -2.01. The molecule has 1 N–H and O–H groups in total. The fraction of sp³-hybridized carbons (Fsp3) is 0.550. The minimum atomic E-state index is -0.171. The summed E-state index contributed by atoms with van der Waals surface area (Å²) in [6.07, 6.45) is 1.72. The monoisotopic (exact) mass is 346 g/mol. The van der Waals surface area contributed by atoms with Gasteiger partial charge in [0.1, 0.15) is 5.75 Å². The second-order valence-electron chi connectivity index (χ2n) is 7.07. The van der Waals surface area contributed by atoms with Gasteiger partial charge in [-0.3, -0.25) is 0 Å². The number of carbonyl (C=O) groups excluding carboxylic acids is 1. The maximum atomic E-state index is 12.4. The van der Waals surface area contributed by atoms with Gasteiger partial charge in [0.25, 0.3) is 0 Å². The summed E-state index contributed by atoms with van der Waals surface area (Å²) in [6, 6.07) is 6.15. The maximum absolute atomic E-state index is 12.4. The lowest BCUT2D eigenvalue weighted by Crippen LogP contribution is -2.48. The second kappa shape index (κ2) is 8.39. The molecule has 2 rings (SSSR count). The molecule has 1 aliphatic rings. The molecule has 0 aromatic heterocycles. The first-order chi connectivity index (χ1) is 11.9. The number of hydrogen-bond donors (Lipinski definition) is 1. The molecule has 1 aromatic carbocycles. The number of amides is 2.